The van der Waals surface area contributed by atoms with E-state index >= 15 is 0 Å². The maximum absolute atomic E-state index is 10.1. The molecule has 4 aromatic carbocycles. The van der Waals surface area contributed by atoms with Gasteiger partial charge in [0.15, 0.2) is 0 Å². The van der Waals surface area contributed by atoms with Gasteiger partial charge in [0.25, 0.3) is 0 Å². The normalized spacial score (nSPS) is 13.0. The summed E-state index contributed by atoms with van der Waals surface area (Å²) in [7, 11) is 0. The molecule has 0 spiro atoms. The summed E-state index contributed by atoms with van der Waals surface area (Å²) < 4.78 is 0. The third-order valence-electron chi connectivity index (χ3n) is 5.57. The minimum Gasteiger partial charge on any atom is -0.392 e. The van der Waals surface area contributed by atoms with Crippen LogP contribution in [0.2, 0.25) is 0 Å². The third-order valence-corrected chi connectivity index (χ3v) is 5.57. The van der Waals surface area contributed by atoms with E-state index in [-0.39, 0.29) is 33.1 Å². The number of fused-ring (bicyclic) bond motifs is 2. The maximum Gasteiger partial charge on any atom is 2.00 e. The Kier molecular flexibility index (Phi) is 8.41. The number of aliphatic hydroxyl groups excluding tert-OH is 1. The Hall–Kier alpha value is -2.47. The molecule has 0 bridgehead atoms. The Bertz CT molecular complexity index is 991. The molecule has 1 nitrogen and oxygen atoms in total. The first-order chi connectivity index (χ1) is 14.7. The van der Waals surface area contributed by atoms with Gasteiger partial charge in [-0.05, 0) is 42.0 Å². The molecule has 0 saturated heterocycles. The summed E-state index contributed by atoms with van der Waals surface area (Å²) in [6.07, 6.45) is 1.55. The SMILES string of the molecule is CC(O)C1c2ccccc2Cc2ccccc21.[W+2].[c-]1ccccc1Cc1[c-]cccc1. The first-order valence-corrected chi connectivity index (χ1v) is 10.5. The predicted molar refractivity (Wildman–Crippen MR) is 123 cm³/mol. The zero-order valence-electron chi connectivity index (χ0n) is 17.7. The van der Waals surface area contributed by atoms with Crippen molar-refractivity contribution in [1.29, 1.82) is 0 Å². The van der Waals surface area contributed by atoms with Crippen LogP contribution >= 0.6 is 0 Å². The quantitative estimate of drug-likeness (QED) is 0.299. The van der Waals surface area contributed by atoms with E-state index in [4.69, 9.17) is 0 Å². The van der Waals surface area contributed by atoms with Crippen LogP contribution in [0.5, 0.6) is 0 Å². The summed E-state index contributed by atoms with van der Waals surface area (Å²) in [5, 5.41) is 10.1. The fourth-order valence-corrected chi connectivity index (χ4v) is 4.18. The summed E-state index contributed by atoms with van der Waals surface area (Å²) in [5.41, 5.74) is 7.67. The average Bonchev–Trinajstić information content (AvgIpc) is 2.79. The number of hydrogen-bond donors (Lipinski definition) is 1. The Balaban J connectivity index is 0.000000176. The Morgan fingerprint density at radius 2 is 1.19 bits per heavy atom. The smallest absolute Gasteiger partial charge is 0.392 e. The van der Waals surface area contributed by atoms with Crippen LogP contribution in [0.1, 0.15) is 46.2 Å². The maximum atomic E-state index is 10.1. The van der Waals surface area contributed by atoms with Crippen molar-refractivity contribution in [1.82, 2.24) is 0 Å². The zero-order chi connectivity index (χ0) is 20.8. The van der Waals surface area contributed by atoms with E-state index in [1.807, 2.05) is 43.3 Å². The van der Waals surface area contributed by atoms with Gasteiger partial charge in [-0.25, -0.2) is 0 Å². The average molecular weight is 574 g/mol. The summed E-state index contributed by atoms with van der Waals surface area (Å²) >= 11 is 0. The van der Waals surface area contributed by atoms with Crippen molar-refractivity contribution in [2.45, 2.75) is 31.8 Å². The minimum atomic E-state index is -0.349. The number of aliphatic hydroxyl groups is 1. The first-order valence-electron chi connectivity index (χ1n) is 10.5. The van der Waals surface area contributed by atoms with E-state index in [0.717, 1.165) is 12.8 Å². The molecule has 0 heterocycles. The van der Waals surface area contributed by atoms with Gasteiger partial charge in [0, 0.05) is 5.92 Å². The van der Waals surface area contributed by atoms with Gasteiger partial charge >= 0.3 is 21.1 Å². The third kappa shape index (κ3) is 5.82. The number of benzene rings is 4. The molecule has 1 aliphatic carbocycles. The van der Waals surface area contributed by atoms with Crippen LogP contribution in [0.4, 0.5) is 0 Å². The summed E-state index contributed by atoms with van der Waals surface area (Å²) in [6.45, 7) is 1.88. The minimum absolute atomic E-state index is 0. The van der Waals surface area contributed by atoms with Gasteiger partial charge in [-0.2, -0.15) is 71.8 Å². The van der Waals surface area contributed by atoms with Crippen molar-refractivity contribution in [3.05, 3.63) is 143 Å². The molecular formula is C29H26OW. The largest absolute Gasteiger partial charge is 2.00 e. The van der Waals surface area contributed by atoms with Crippen LogP contribution in [-0.2, 0) is 33.9 Å². The molecule has 0 aromatic heterocycles. The van der Waals surface area contributed by atoms with Crippen LogP contribution in [0.3, 0.4) is 0 Å². The molecule has 4 aromatic rings. The van der Waals surface area contributed by atoms with Gasteiger partial charge in [0.2, 0.25) is 0 Å². The number of hydrogen-bond acceptors (Lipinski definition) is 1. The van der Waals surface area contributed by atoms with Crippen LogP contribution in [0, 0.1) is 12.1 Å². The van der Waals surface area contributed by atoms with Crippen molar-refractivity contribution in [3.8, 4) is 0 Å². The van der Waals surface area contributed by atoms with Crippen LogP contribution in [0.15, 0.2) is 97.1 Å². The Morgan fingerprint density at radius 3 is 1.61 bits per heavy atom. The Morgan fingerprint density at radius 1 is 0.742 bits per heavy atom. The fraction of sp³-hybridized carbons (Fsp3) is 0.172. The van der Waals surface area contributed by atoms with Crippen molar-refractivity contribution in [2.75, 3.05) is 0 Å². The van der Waals surface area contributed by atoms with Gasteiger partial charge in [0.1, 0.15) is 0 Å². The topological polar surface area (TPSA) is 20.2 Å². The predicted octanol–water partition coefficient (Wildman–Crippen LogP) is 5.98. The summed E-state index contributed by atoms with van der Waals surface area (Å²) in [5.74, 6) is 0.121. The summed E-state index contributed by atoms with van der Waals surface area (Å²) in [4.78, 5) is 0. The van der Waals surface area contributed by atoms with Gasteiger partial charge in [0.05, 0.1) is 6.10 Å². The molecule has 1 unspecified atom stereocenters. The van der Waals surface area contributed by atoms with Gasteiger partial charge < -0.3 is 5.11 Å². The van der Waals surface area contributed by atoms with E-state index < -0.39 is 0 Å². The van der Waals surface area contributed by atoms with Gasteiger partial charge in [-0.1, -0.05) is 48.5 Å². The standard InChI is InChI=1S/C16H16O.C13H10.W/c1-11(17)16-14-8-4-2-6-12(14)10-13-7-3-5-9-15(13)16;1-3-7-12(8-4-1)11-13-9-5-2-6-10-13;/h2-9,11,16-17H,10H2,1H3;1-7,9H,11H2;/q;-2;+2. The number of rotatable bonds is 3. The zero-order valence-corrected chi connectivity index (χ0v) is 20.6. The monoisotopic (exact) mass is 574 g/mol. The van der Waals surface area contributed by atoms with Crippen molar-refractivity contribution < 1.29 is 26.2 Å². The molecule has 1 aliphatic rings. The molecule has 5 rings (SSSR count). The van der Waals surface area contributed by atoms with E-state index in [0.29, 0.717) is 0 Å². The molecule has 1 atom stereocenters. The van der Waals surface area contributed by atoms with Crippen LogP contribution in [-0.4, -0.2) is 11.2 Å². The van der Waals surface area contributed by atoms with Crippen molar-refractivity contribution >= 4 is 0 Å². The second-order valence-corrected chi connectivity index (χ2v) is 7.75. The fourth-order valence-electron chi connectivity index (χ4n) is 4.18. The molecule has 0 fully saturated rings. The van der Waals surface area contributed by atoms with Gasteiger partial charge in [-0.15, -0.1) is 0 Å². The summed E-state index contributed by atoms with van der Waals surface area (Å²) in [6, 6.07) is 39.4. The van der Waals surface area contributed by atoms with E-state index in [1.165, 1.54) is 33.4 Å². The molecule has 0 amide bonds. The molecule has 31 heavy (non-hydrogen) atoms. The molecule has 0 radical (unpaired) electrons. The second-order valence-electron chi connectivity index (χ2n) is 7.75. The molecule has 154 valence electrons. The van der Waals surface area contributed by atoms with Crippen LogP contribution < -0.4 is 0 Å². The second kappa shape index (κ2) is 11.2. The molecule has 2 heteroatoms. The van der Waals surface area contributed by atoms with Gasteiger partial charge in [-0.3, -0.25) is 0 Å². The molecule has 0 aliphatic heterocycles. The van der Waals surface area contributed by atoms with Crippen molar-refractivity contribution in [3.63, 3.8) is 0 Å². The molecule has 1 N–H and O–H groups in total. The van der Waals surface area contributed by atoms with Crippen LogP contribution in [0.25, 0.3) is 0 Å². The first kappa shape index (κ1) is 23.2. The molecule has 0 saturated carbocycles. The Labute approximate surface area is 200 Å². The van der Waals surface area contributed by atoms with Crippen molar-refractivity contribution in [2.24, 2.45) is 0 Å². The van der Waals surface area contributed by atoms with E-state index in [1.54, 1.807) is 0 Å². The van der Waals surface area contributed by atoms with E-state index in [9.17, 15) is 5.11 Å². The van der Waals surface area contributed by atoms with E-state index in [2.05, 4.69) is 72.8 Å². The molecular weight excluding hydrogens is 548 g/mol.